The number of anilines is 2. The minimum Gasteiger partial charge on any atom is -0.395 e. The number of ether oxygens (including phenoxy) is 2. The average Bonchev–Trinajstić information content (AvgIpc) is 3.23. The lowest BCUT2D eigenvalue weighted by Crippen LogP contribution is -2.25. The maximum absolute atomic E-state index is 13.1. The number of carbonyl (C=O) groups is 1. The minimum atomic E-state index is -3.70. The fourth-order valence-corrected chi connectivity index (χ4v) is 3.21. The van der Waals surface area contributed by atoms with Gasteiger partial charge in [-0.15, -0.1) is 20.1 Å². The summed E-state index contributed by atoms with van der Waals surface area (Å²) >= 11 is 1.25. The number of nitrogens with zero attached hydrogens (tertiary/aromatic N) is 2. The Kier molecular flexibility index (Phi) is 4.32. The van der Waals surface area contributed by atoms with E-state index in [0.29, 0.717) is 22.8 Å². The van der Waals surface area contributed by atoms with E-state index in [0.717, 1.165) is 5.69 Å². The molecule has 0 fully saturated rings. The second-order valence-corrected chi connectivity index (χ2v) is 6.42. The van der Waals surface area contributed by atoms with Crippen LogP contribution in [0.3, 0.4) is 0 Å². The Morgan fingerprint density at radius 2 is 2.04 bits per heavy atom. The van der Waals surface area contributed by atoms with Crippen molar-refractivity contribution in [3.63, 3.8) is 0 Å². The first kappa shape index (κ1) is 17.2. The zero-order valence-electron chi connectivity index (χ0n) is 13.6. The summed E-state index contributed by atoms with van der Waals surface area (Å²) in [4.78, 5) is 21.0. The van der Waals surface area contributed by atoms with Gasteiger partial charge >= 0.3 is 6.29 Å². The number of rotatable bonds is 5. The van der Waals surface area contributed by atoms with Crippen molar-refractivity contribution < 1.29 is 23.0 Å². The summed E-state index contributed by atoms with van der Waals surface area (Å²) in [6, 6.07) is 7.61. The highest BCUT2D eigenvalue weighted by atomic mass is 32.1. The third-order valence-electron chi connectivity index (χ3n) is 3.63. The van der Waals surface area contributed by atoms with Crippen LogP contribution in [0.5, 0.6) is 11.5 Å². The van der Waals surface area contributed by atoms with Crippen LogP contribution in [0.25, 0.3) is 0 Å². The van der Waals surface area contributed by atoms with Crippen molar-refractivity contribution in [1.82, 2.24) is 9.97 Å². The zero-order chi connectivity index (χ0) is 18.9. The predicted octanol–water partition coefficient (Wildman–Crippen LogP) is 3.72. The van der Waals surface area contributed by atoms with Crippen LogP contribution in [0.1, 0.15) is 15.4 Å². The molecule has 1 aromatic carbocycles. The lowest BCUT2D eigenvalue weighted by Gasteiger charge is -2.08. The summed E-state index contributed by atoms with van der Waals surface area (Å²) in [7, 11) is 0. The summed E-state index contributed by atoms with van der Waals surface area (Å²) < 4.78 is 34.9. The Labute approximate surface area is 156 Å². The lowest BCUT2D eigenvalue weighted by atomic mass is 10.2. The first-order chi connectivity index (χ1) is 13.0. The summed E-state index contributed by atoms with van der Waals surface area (Å²) in [6.07, 6.45) is -0.618. The molecule has 3 heterocycles. The number of thiophene rings is 1. The van der Waals surface area contributed by atoms with Crippen molar-refractivity contribution in [2.45, 2.75) is 12.8 Å². The summed E-state index contributed by atoms with van der Waals surface area (Å²) in [5.41, 5.74) is 1.73. The van der Waals surface area contributed by atoms with E-state index in [-0.39, 0.29) is 17.4 Å². The maximum Gasteiger partial charge on any atom is 0.586 e. The van der Waals surface area contributed by atoms with E-state index in [1.54, 1.807) is 23.7 Å². The number of aromatic nitrogens is 2. The number of nitrogens with one attached hydrogen (secondary N) is 2. The highest BCUT2D eigenvalue weighted by molar-refractivity contribution is 7.12. The Hall–Kier alpha value is -3.27. The standard InChI is InChI=1S/C17H12F2N4O3S/c18-17(19)25-13-2-1-10(7-14(13)26-17)23-16(24)15-12(4-6-27-15)21-8-11-3-5-20-9-22-11/h1-7,9,21H,8H2,(H,23,24). The highest BCUT2D eigenvalue weighted by Crippen LogP contribution is 2.42. The lowest BCUT2D eigenvalue weighted by molar-refractivity contribution is -0.286. The van der Waals surface area contributed by atoms with Gasteiger partial charge in [0.1, 0.15) is 11.2 Å². The van der Waals surface area contributed by atoms with Crippen molar-refractivity contribution in [3.05, 3.63) is 58.8 Å². The van der Waals surface area contributed by atoms with Crippen LogP contribution < -0.4 is 20.1 Å². The molecule has 138 valence electrons. The molecule has 0 atom stereocenters. The van der Waals surface area contributed by atoms with Crippen LogP contribution in [0.2, 0.25) is 0 Å². The third-order valence-corrected chi connectivity index (χ3v) is 4.55. The van der Waals surface area contributed by atoms with Crippen molar-refractivity contribution in [2.24, 2.45) is 0 Å². The molecule has 4 rings (SSSR count). The first-order valence-electron chi connectivity index (χ1n) is 7.78. The third kappa shape index (κ3) is 3.80. The molecule has 0 radical (unpaired) electrons. The van der Waals surface area contributed by atoms with Crippen molar-refractivity contribution in [2.75, 3.05) is 10.6 Å². The number of fused-ring (bicyclic) bond motifs is 1. The van der Waals surface area contributed by atoms with Gasteiger partial charge in [0.05, 0.1) is 17.9 Å². The number of benzene rings is 1. The van der Waals surface area contributed by atoms with Crippen LogP contribution in [-0.4, -0.2) is 22.2 Å². The second-order valence-electron chi connectivity index (χ2n) is 5.50. The average molecular weight is 390 g/mol. The van der Waals surface area contributed by atoms with E-state index in [1.165, 1.54) is 35.9 Å². The number of hydrogen-bond donors (Lipinski definition) is 2. The van der Waals surface area contributed by atoms with Gasteiger partial charge in [0.25, 0.3) is 5.91 Å². The SMILES string of the molecule is O=C(Nc1ccc2c(c1)OC(F)(F)O2)c1sccc1NCc1ccncn1. The van der Waals surface area contributed by atoms with Gasteiger partial charge in [-0.25, -0.2) is 9.97 Å². The molecule has 0 spiro atoms. The monoisotopic (exact) mass is 390 g/mol. The van der Waals surface area contributed by atoms with Gasteiger partial charge in [0, 0.05) is 18.0 Å². The van der Waals surface area contributed by atoms with Gasteiger partial charge in [-0.05, 0) is 29.6 Å². The largest absolute Gasteiger partial charge is 0.586 e. The van der Waals surface area contributed by atoms with E-state index in [1.807, 2.05) is 0 Å². The fourth-order valence-electron chi connectivity index (χ4n) is 2.45. The molecule has 10 heteroatoms. The van der Waals surface area contributed by atoms with Crippen molar-refractivity contribution >= 4 is 28.6 Å². The molecule has 0 saturated heterocycles. The normalized spacial score (nSPS) is 14.0. The molecule has 2 N–H and O–H groups in total. The molecule has 3 aromatic rings. The Morgan fingerprint density at radius 1 is 1.19 bits per heavy atom. The highest BCUT2D eigenvalue weighted by Gasteiger charge is 2.43. The second kappa shape index (κ2) is 6.80. The van der Waals surface area contributed by atoms with Gasteiger partial charge in [-0.1, -0.05) is 0 Å². The van der Waals surface area contributed by atoms with Crippen molar-refractivity contribution in [3.8, 4) is 11.5 Å². The molecule has 27 heavy (non-hydrogen) atoms. The van der Waals surface area contributed by atoms with Gasteiger partial charge in [0.15, 0.2) is 11.5 Å². The molecule has 0 aliphatic carbocycles. The Bertz CT molecular complexity index is 981. The minimum absolute atomic E-state index is 0.0821. The topological polar surface area (TPSA) is 85.4 Å². The number of alkyl halides is 2. The molecule has 0 saturated carbocycles. The van der Waals surface area contributed by atoms with E-state index in [2.05, 4.69) is 30.1 Å². The maximum atomic E-state index is 13.1. The number of amides is 1. The number of halogens is 2. The van der Waals surface area contributed by atoms with Crippen LogP contribution in [-0.2, 0) is 6.54 Å². The van der Waals surface area contributed by atoms with Gasteiger partial charge in [-0.2, -0.15) is 0 Å². The Balaban J connectivity index is 1.45. The molecule has 1 aliphatic heterocycles. The van der Waals surface area contributed by atoms with E-state index >= 15 is 0 Å². The summed E-state index contributed by atoms with van der Waals surface area (Å²) in [5.74, 6) is -0.590. The van der Waals surface area contributed by atoms with Gasteiger partial charge in [0.2, 0.25) is 0 Å². The zero-order valence-corrected chi connectivity index (χ0v) is 14.4. The van der Waals surface area contributed by atoms with E-state index < -0.39 is 6.29 Å². The molecule has 0 bridgehead atoms. The fraction of sp³-hybridized carbons (Fsp3) is 0.118. The molecule has 1 amide bonds. The van der Waals surface area contributed by atoms with Gasteiger partial charge in [-0.3, -0.25) is 4.79 Å². The van der Waals surface area contributed by atoms with Crippen molar-refractivity contribution in [1.29, 1.82) is 0 Å². The molecular formula is C17H12F2N4O3S. The molecule has 2 aromatic heterocycles. The molecule has 0 unspecified atom stereocenters. The summed E-state index contributed by atoms with van der Waals surface area (Å²) in [6.45, 7) is 0.429. The van der Waals surface area contributed by atoms with Crippen LogP contribution >= 0.6 is 11.3 Å². The predicted molar refractivity (Wildman–Crippen MR) is 94.3 cm³/mol. The summed E-state index contributed by atoms with van der Waals surface area (Å²) in [5, 5.41) is 7.58. The van der Waals surface area contributed by atoms with Gasteiger partial charge < -0.3 is 20.1 Å². The van der Waals surface area contributed by atoms with Crippen LogP contribution in [0.15, 0.2) is 48.2 Å². The molecule has 7 nitrogen and oxygen atoms in total. The number of carbonyl (C=O) groups excluding carboxylic acids is 1. The smallest absolute Gasteiger partial charge is 0.395 e. The molecule has 1 aliphatic rings. The molecular weight excluding hydrogens is 378 g/mol. The van der Waals surface area contributed by atoms with E-state index in [4.69, 9.17) is 0 Å². The van der Waals surface area contributed by atoms with E-state index in [9.17, 15) is 13.6 Å². The number of hydrogen-bond acceptors (Lipinski definition) is 7. The quantitative estimate of drug-likeness (QED) is 0.691. The first-order valence-corrected chi connectivity index (χ1v) is 8.66. The van der Waals surface area contributed by atoms with Crippen LogP contribution in [0.4, 0.5) is 20.2 Å². The Morgan fingerprint density at radius 3 is 2.85 bits per heavy atom. The van der Waals surface area contributed by atoms with Crippen LogP contribution in [0, 0.1) is 0 Å².